The number of hydrogen-bond acceptors (Lipinski definition) is 8. The minimum absolute atomic E-state index is 0.0186. The summed E-state index contributed by atoms with van der Waals surface area (Å²) in [6.45, 7) is 4.06. The maximum absolute atomic E-state index is 13.1. The third-order valence-corrected chi connectivity index (χ3v) is 5.02. The van der Waals surface area contributed by atoms with Gasteiger partial charge in [-0.15, -0.1) is 0 Å². The van der Waals surface area contributed by atoms with Crippen LogP contribution in [0, 0.1) is 5.92 Å². The van der Waals surface area contributed by atoms with Crippen molar-refractivity contribution in [3.63, 3.8) is 0 Å². The predicted molar refractivity (Wildman–Crippen MR) is 130 cm³/mol. The van der Waals surface area contributed by atoms with Gasteiger partial charge in [0.1, 0.15) is 5.82 Å². The first-order valence-corrected chi connectivity index (χ1v) is 11.0. The van der Waals surface area contributed by atoms with Gasteiger partial charge in [-0.25, -0.2) is 9.59 Å². The fourth-order valence-corrected chi connectivity index (χ4v) is 3.38. The molecule has 1 heterocycles. The van der Waals surface area contributed by atoms with Crippen LogP contribution in [0.15, 0.2) is 33.9 Å². The monoisotopic (exact) mass is 489 g/mol. The number of esters is 1. The number of ether oxygens (including phenoxy) is 2. The number of anilines is 3. The molecule has 12 heteroatoms. The van der Waals surface area contributed by atoms with E-state index in [1.54, 1.807) is 12.1 Å². The Balaban J connectivity index is 2.25. The first-order valence-electron chi connectivity index (χ1n) is 11.0. The lowest BCUT2D eigenvalue weighted by Gasteiger charge is -2.24. The van der Waals surface area contributed by atoms with Crippen molar-refractivity contribution in [2.45, 2.75) is 33.2 Å². The molecule has 2 aromatic rings. The molecule has 1 aromatic heterocycles. The number of nitrogen functional groups attached to an aromatic ring is 1. The van der Waals surface area contributed by atoms with E-state index in [2.05, 4.69) is 10.3 Å². The Labute approximate surface area is 202 Å². The minimum Gasteiger partial charge on any atom is -0.465 e. The number of H-pyrrole nitrogens is 1. The van der Waals surface area contributed by atoms with Gasteiger partial charge in [-0.2, -0.15) is 0 Å². The number of carbonyl (C=O) groups excluding carboxylic acids is 3. The van der Waals surface area contributed by atoms with Crippen LogP contribution in [0.1, 0.15) is 37.0 Å². The smallest absolute Gasteiger partial charge is 0.339 e. The van der Waals surface area contributed by atoms with Crippen LogP contribution in [-0.2, 0) is 25.6 Å². The highest BCUT2D eigenvalue weighted by Gasteiger charge is 2.25. The molecule has 35 heavy (non-hydrogen) atoms. The molecule has 0 unspecified atom stereocenters. The molecule has 0 spiro atoms. The van der Waals surface area contributed by atoms with Gasteiger partial charge in [0, 0.05) is 33.0 Å². The van der Waals surface area contributed by atoms with E-state index in [0.717, 1.165) is 4.90 Å². The molecular formula is C23H31N5O7. The van der Waals surface area contributed by atoms with E-state index in [1.165, 1.54) is 30.9 Å². The Kier molecular flexibility index (Phi) is 9.76. The summed E-state index contributed by atoms with van der Waals surface area (Å²) < 4.78 is 11.0. The van der Waals surface area contributed by atoms with Crippen LogP contribution in [0.25, 0.3) is 0 Å². The molecule has 0 bridgehead atoms. The molecule has 0 saturated carbocycles. The molecule has 0 aliphatic rings. The summed E-state index contributed by atoms with van der Waals surface area (Å²) >= 11 is 0. The van der Waals surface area contributed by atoms with Crippen molar-refractivity contribution < 1.29 is 23.9 Å². The first-order chi connectivity index (χ1) is 16.6. The van der Waals surface area contributed by atoms with Gasteiger partial charge in [-0.1, -0.05) is 26.0 Å². The summed E-state index contributed by atoms with van der Waals surface area (Å²) in [5.74, 6) is -1.80. The number of nitrogens with zero attached hydrogens (tertiary/aromatic N) is 2. The van der Waals surface area contributed by atoms with Crippen molar-refractivity contribution in [3.8, 4) is 0 Å². The van der Waals surface area contributed by atoms with Crippen LogP contribution in [-0.4, -0.2) is 54.7 Å². The fourth-order valence-electron chi connectivity index (χ4n) is 3.38. The molecule has 0 radical (unpaired) electrons. The quantitative estimate of drug-likeness (QED) is 0.393. The number of para-hydroxylation sites is 1. The third-order valence-electron chi connectivity index (χ3n) is 5.02. The number of rotatable bonds is 11. The summed E-state index contributed by atoms with van der Waals surface area (Å²) in [5.41, 5.74) is 4.90. The predicted octanol–water partition coefficient (Wildman–Crippen LogP) is 0.960. The summed E-state index contributed by atoms with van der Waals surface area (Å²) in [6.07, 6.45) is -0.501. The van der Waals surface area contributed by atoms with E-state index >= 15 is 0 Å². The fraction of sp³-hybridized carbons (Fsp3) is 0.435. The van der Waals surface area contributed by atoms with Crippen molar-refractivity contribution in [3.05, 3.63) is 50.7 Å². The van der Waals surface area contributed by atoms with Gasteiger partial charge in [0.25, 0.3) is 5.56 Å². The van der Waals surface area contributed by atoms with E-state index in [1.807, 2.05) is 13.8 Å². The van der Waals surface area contributed by atoms with Gasteiger partial charge in [0.2, 0.25) is 11.8 Å². The van der Waals surface area contributed by atoms with Gasteiger partial charge in [0.05, 0.1) is 25.0 Å². The summed E-state index contributed by atoms with van der Waals surface area (Å²) in [5, 5.41) is 2.59. The zero-order valence-corrected chi connectivity index (χ0v) is 20.3. The number of methoxy groups -OCH3 is 2. The number of amides is 2. The topological polar surface area (TPSA) is 166 Å². The van der Waals surface area contributed by atoms with Gasteiger partial charge in [-0.3, -0.25) is 23.9 Å². The molecule has 0 aliphatic carbocycles. The Morgan fingerprint density at radius 1 is 1.14 bits per heavy atom. The highest BCUT2D eigenvalue weighted by Crippen LogP contribution is 2.20. The first kappa shape index (κ1) is 27.3. The maximum atomic E-state index is 13.1. The lowest BCUT2D eigenvalue weighted by Crippen LogP contribution is -2.43. The molecule has 2 rings (SSSR count). The molecule has 190 valence electrons. The number of benzene rings is 1. The second-order valence-corrected chi connectivity index (χ2v) is 8.12. The van der Waals surface area contributed by atoms with Crippen molar-refractivity contribution in [1.82, 2.24) is 9.55 Å². The van der Waals surface area contributed by atoms with Gasteiger partial charge in [-0.05, 0) is 18.1 Å². The van der Waals surface area contributed by atoms with Crippen LogP contribution >= 0.6 is 0 Å². The van der Waals surface area contributed by atoms with E-state index < -0.39 is 29.0 Å². The second-order valence-electron chi connectivity index (χ2n) is 8.12. The number of carbonyl (C=O) groups is 3. The summed E-state index contributed by atoms with van der Waals surface area (Å²) in [7, 11) is 2.66. The average molecular weight is 490 g/mol. The van der Waals surface area contributed by atoms with Crippen molar-refractivity contribution in [2.24, 2.45) is 5.92 Å². The van der Waals surface area contributed by atoms with Crippen LogP contribution in [0.2, 0.25) is 0 Å². The highest BCUT2D eigenvalue weighted by molar-refractivity contribution is 6.03. The maximum Gasteiger partial charge on any atom is 0.339 e. The number of nitrogens with two attached hydrogens (primary N) is 1. The largest absolute Gasteiger partial charge is 0.465 e. The van der Waals surface area contributed by atoms with E-state index in [-0.39, 0.29) is 61.2 Å². The zero-order chi connectivity index (χ0) is 26.1. The summed E-state index contributed by atoms with van der Waals surface area (Å²) in [6, 6.07) is 6.30. The van der Waals surface area contributed by atoms with Crippen LogP contribution in [0.4, 0.5) is 17.2 Å². The average Bonchev–Trinajstić information content (AvgIpc) is 2.81. The van der Waals surface area contributed by atoms with Crippen molar-refractivity contribution in [1.29, 1.82) is 0 Å². The SMILES string of the molecule is COCCN(C(=O)CCC(=O)Nc1ccccc1C(=O)OC)c1c(N)n(CC(C)C)c(=O)[nH]c1=O. The van der Waals surface area contributed by atoms with Gasteiger partial charge >= 0.3 is 11.7 Å². The van der Waals surface area contributed by atoms with Crippen LogP contribution in [0.5, 0.6) is 0 Å². The highest BCUT2D eigenvalue weighted by atomic mass is 16.5. The van der Waals surface area contributed by atoms with Gasteiger partial charge in [0.15, 0.2) is 5.69 Å². The molecular weight excluding hydrogens is 458 g/mol. The second kappa shape index (κ2) is 12.5. The normalized spacial score (nSPS) is 10.8. The number of nitrogens with one attached hydrogen (secondary N) is 2. The van der Waals surface area contributed by atoms with Crippen LogP contribution < -0.4 is 27.2 Å². The lowest BCUT2D eigenvalue weighted by atomic mass is 10.1. The zero-order valence-electron chi connectivity index (χ0n) is 20.3. The minimum atomic E-state index is -0.812. The Morgan fingerprint density at radius 3 is 2.46 bits per heavy atom. The van der Waals surface area contributed by atoms with E-state index in [9.17, 15) is 24.0 Å². The van der Waals surface area contributed by atoms with Crippen molar-refractivity contribution in [2.75, 3.05) is 43.3 Å². The molecule has 2 amide bonds. The molecule has 0 saturated heterocycles. The lowest BCUT2D eigenvalue weighted by molar-refractivity contribution is -0.122. The van der Waals surface area contributed by atoms with Crippen LogP contribution in [0.3, 0.4) is 0 Å². The Bertz CT molecular complexity index is 1190. The molecule has 4 N–H and O–H groups in total. The molecule has 12 nitrogen and oxygen atoms in total. The Hall–Kier alpha value is -3.93. The summed E-state index contributed by atoms with van der Waals surface area (Å²) in [4.78, 5) is 65.7. The standard InChI is InChI=1S/C23H31N5O7/c1-14(2)13-28-20(24)19(21(31)26-23(28)33)27(11-12-34-3)18(30)10-9-17(29)25-16-8-6-5-7-15(16)22(32)35-4/h5-8,14H,9-13,24H2,1-4H3,(H,25,29)(H,26,31,33). The number of aromatic nitrogens is 2. The number of hydrogen-bond donors (Lipinski definition) is 3. The molecule has 0 aliphatic heterocycles. The Morgan fingerprint density at radius 2 is 1.83 bits per heavy atom. The van der Waals surface area contributed by atoms with Gasteiger partial charge < -0.3 is 25.4 Å². The van der Waals surface area contributed by atoms with Crippen molar-refractivity contribution >= 4 is 35.0 Å². The van der Waals surface area contributed by atoms with E-state index in [4.69, 9.17) is 15.2 Å². The third kappa shape index (κ3) is 7.03. The van der Waals surface area contributed by atoms with E-state index in [0.29, 0.717) is 0 Å². The number of aromatic amines is 1. The molecule has 1 aromatic carbocycles. The molecule has 0 atom stereocenters. The molecule has 0 fully saturated rings.